The third-order valence-corrected chi connectivity index (χ3v) is 2.42. The highest BCUT2D eigenvalue weighted by molar-refractivity contribution is 6.18. The van der Waals surface area contributed by atoms with Gasteiger partial charge < -0.3 is 10.1 Å². The van der Waals surface area contributed by atoms with Crippen LogP contribution < -0.4 is 10.1 Å². The van der Waals surface area contributed by atoms with Gasteiger partial charge >= 0.3 is 0 Å². The van der Waals surface area contributed by atoms with Gasteiger partial charge in [0.15, 0.2) is 0 Å². The second-order valence-electron chi connectivity index (χ2n) is 3.26. The summed E-state index contributed by atoms with van der Waals surface area (Å²) in [7, 11) is 1.59. The molecule has 0 heterocycles. The third-order valence-electron chi connectivity index (χ3n) is 1.96. The van der Waals surface area contributed by atoms with Gasteiger partial charge in [0.2, 0.25) is 0 Å². The molecule has 1 aromatic rings. The number of amides is 1. The molecule has 0 radical (unpaired) electrons. The van der Waals surface area contributed by atoms with E-state index in [4.69, 9.17) is 16.3 Å². The predicted octanol–water partition coefficient (Wildman–Crippen LogP) is 2.05. The van der Waals surface area contributed by atoms with E-state index in [1.807, 2.05) is 6.92 Å². The van der Waals surface area contributed by atoms with Gasteiger partial charge in [-0.15, -0.1) is 11.6 Å². The van der Waals surface area contributed by atoms with Crippen LogP contribution in [0, 0.1) is 0 Å². The summed E-state index contributed by atoms with van der Waals surface area (Å²) in [5.74, 6) is 1.02. The highest BCUT2D eigenvalue weighted by Gasteiger charge is 2.08. The zero-order valence-electron chi connectivity index (χ0n) is 8.79. The lowest BCUT2D eigenvalue weighted by atomic mass is 10.2. The maximum atomic E-state index is 11.6. The van der Waals surface area contributed by atoms with Crippen molar-refractivity contribution in [2.45, 2.75) is 13.0 Å². The summed E-state index contributed by atoms with van der Waals surface area (Å²) in [6.45, 7) is 1.86. The van der Waals surface area contributed by atoms with E-state index in [1.54, 1.807) is 31.4 Å². The van der Waals surface area contributed by atoms with Gasteiger partial charge in [-0.05, 0) is 31.2 Å². The monoisotopic (exact) mass is 227 g/mol. The Hall–Kier alpha value is -1.22. The predicted molar refractivity (Wildman–Crippen MR) is 60.6 cm³/mol. The molecule has 0 bridgehead atoms. The first kappa shape index (κ1) is 11.9. The Kier molecular flexibility index (Phi) is 4.43. The number of hydrogen-bond acceptors (Lipinski definition) is 2. The molecule has 1 amide bonds. The maximum Gasteiger partial charge on any atom is 0.251 e. The molecule has 4 heteroatoms. The van der Waals surface area contributed by atoms with Crippen molar-refractivity contribution in [3.63, 3.8) is 0 Å². The number of nitrogens with one attached hydrogen (secondary N) is 1. The smallest absolute Gasteiger partial charge is 0.251 e. The molecular formula is C11H14ClNO2. The molecule has 1 unspecified atom stereocenters. The first-order chi connectivity index (χ1) is 7.17. The molecule has 3 nitrogen and oxygen atoms in total. The molecule has 1 aromatic carbocycles. The van der Waals surface area contributed by atoms with Crippen LogP contribution in [0.15, 0.2) is 24.3 Å². The van der Waals surface area contributed by atoms with Gasteiger partial charge in [-0.25, -0.2) is 0 Å². The van der Waals surface area contributed by atoms with Crippen LogP contribution in [0.3, 0.4) is 0 Å². The first-order valence-electron chi connectivity index (χ1n) is 4.68. The van der Waals surface area contributed by atoms with Crippen LogP contribution in [0.25, 0.3) is 0 Å². The number of halogens is 1. The van der Waals surface area contributed by atoms with Crippen molar-refractivity contribution < 1.29 is 9.53 Å². The second kappa shape index (κ2) is 5.61. The van der Waals surface area contributed by atoms with Crippen molar-refractivity contribution in [1.82, 2.24) is 5.32 Å². The van der Waals surface area contributed by atoms with Crippen LogP contribution in [0.5, 0.6) is 5.75 Å². The first-order valence-corrected chi connectivity index (χ1v) is 5.21. The summed E-state index contributed by atoms with van der Waals surface area (Å²) in [5, 5.41) is 2.77. The molecule has 0 saturated carbocycles. The summed E-state index contributed by atoms with van der Waals surface area (Å²) in [6, 6.07) is 6.91. The van der Waals surface area contributed by atoms with Gasteiger partial charge in [-0.1, -0.05) is 0 Å². The van der Waals surface area contributed by atoms with Crippen LogP contribution in [0.2, 0.25) is 0 Å². The lowest BCUT2D eigenvalue weighted by molar-refractivity contribution is 0.0943. The van der Waals surface area contributed by atoms with E-state index >= 15 is 0 Å². The summed E-state index contributed by atoms with van der Waals surface area (Å²) in [6.07, 6.45) is 0. The normalized spacial score (nSPS) is 11.9. The van der Waals surface area contributed by atoms with E-state index < -0.39 is 0 Å². The van der Waals surface area contributed by atoms with Crippen molar-refractivity contribution in [2.24, 2.45) is 0 Å². The lowest BCUT2D eigenvalue weighted by Crippen LogP contribution is -2.33. The van der Waals surface area contributed by atoms with E-state index in [0.717, 1.165) is 5.75 Å². The molecule has 15 heavy (non-hydrogen) atoms. The zero-order chi connectivity index (χ0) is 11.3. The quantitative estimate of drug-likeness (QED) is 0.800. The average molecular weight is 228 g/mol. The molecule has 1 atom stereocenters. The average Bonchev–Trinajstić information content (AvgIpc) is 2.29. The van der Waals surface area contributed by atoms with Gasteiger partial charge in [-0.2, -0.15) is 0 Å². The van der Waals surface area contributed by atoms with E-state index in [0.29, 0.717) is 11.4 Å². The Morgan fingerprint density at radius 2 is 2.07 bits per heavy atom. The number of carbonyl (C=O) groups is 1. The molecule has 0 aliphatic rings. The SMILES string of the molecule is COc1ccc(C(=O)NC(C)CCl)cc1. The van der Waals surface area contributed by atoms with Crippen LogP contribution in [0.1, 0.15) is 17.3 Å². The van der Waals surface area contributed by atoms with Crippen molar-refractivity contribution in [1.29, 1.82) is 0 Å². The third kappa shape index (κ3) is 3.44. The van der Waals surface area contributed by atoms with Gasteiger partial charge in [0.25, 0.3) is 5.91 Å². The zero-order valence-corrected chi connectivity index (χ0v) is 9.54. The summed E-state index contributed by atoms with van der Waals surface area (Å²) in [4.78, 5) is 11.6. The summed E-state index contributed by atoms with van der Waals surface area (Å²) >= 11 is 5.60. The molecule has 0 spiro atoms. The number of carbonyl (C=O) groups excluding carboxylic acids is 1. The Balaban J connectivity index is 2.66. The minimum Gasteiger partial charge on any atom is -0.497 e. The minimum absolute atomic E-state index is 0.0266. The van der Waals surface area contributed by atoms with E-state index in [9.17, 15) is 4.79 Å². The Labute approximate surface area is 94.4 Å². The number of ether oxygens (including phenoxy) is 1. The molecule has 1 N–H and O–H groups in total. The minimum atomic E-state index is -0.120. The van der Waals surface area contributed by atoms with Crippen LogP contribution in [-0.2, 0) is 0 Å². The lowest BCUT2D eigenvalue weighted by Gasteiger charge is -2.10. The number of methoxy groups -OCH3 is 1. The van der Waals surface area contributed by atoms with Gasteiger partial charge in [0, 0.05) is 17.5 Å². The number of rotatable bonds is 4. The molecule has 1 rings (SSSR count). The topological polar surface area (TPSA) is 38.3 Å². The molecule has 0 aliphatic carbocycles. The van der Waals surface area contributed by atoms with Crippen molar-refractivity contribution >= 4 is 17.5 Å². The van der Waals surface area contributed by atoms with E-state index in [-0.39, 0.29) is 11.9 Å². The summed E-state index contributed by atoms with van der Waals surface area (Å²) < 4.78 is 5.00. The fourth-order valence-corrected chi connectivity index (χ4v) is 1.17. The van der Waals surface area contributed by atoms with Gasteiger partial charge in [-0.3, -0.25) is 4.79 Å². The number of hydrogen-bond donors (Lipinski definition) is 1. The summed E-state index contributed by atoms with van der Waals surface area (Å²) in [5.41, 5.74) is 0.604. The van der Waals surface area contributed by atoms with Crippen LogP contribution in [-0.4, -0.2) is 24.9 Å². The Morgan fingerprint density at radius 1 is 1.47 bits per heavy atom. The van der Waals surface area contributed by atoms with Crippen molar-refractivity contribution in [2.75, 3.05) is 13.0 Å². The number of benzene rings is 1. The molecule has 0 saturated heterocycles. The maximum absolute atomic E-state index is 11.6. The van der Waals surface area contributed by atoms with Gasteiger partial charge in [0.1, 0.15) is 5.75 Å². The Bertz CT molecular complexity index is 324. The fraction of sp³-hybridized carbons (Fsp3) is 0.364. The van der Waals surface area contributed by atoms with Crippen molar-refractivity contribution in [3.8, 4) is 5.75 Å². The van der Waals surface area contributed by atoms with Crippen LogP contribution >= 0.6 is 11.6 Å². The van der Waals surface area contributed by atoms with Gasteiger partial charge in [0.05, 0.1) is 7.11 Å². The molecule has 0 fully saturated rings. The highest BCUT2D eigenvalue weighted by Crippen LogP contribution is 2.11. The standard InChI is InChI=1S/C11H14ClNO2/c1-8(7-12)13-11(14)9-3-5-10(15-2)6-4-9/h3-6,8H,7H2,1-2H3,(H,13,14). The molecule has 0 aliphatic heterocycles. The largest absolute Gasteiger partial charge is 0.497 e. The molecular weight excluding hydrogens is 214 g/mol. The van der Waals surface area contributed by atoms with Crippen LogP contribution in [0.4, 0.5) is 0 Å². The second-order valence-corrected chi connectivity index (χ2v) is 3.57. The molecule has 82 valence electrons. The fourth-order valence-electron chi connectivity index (χ4n) is 1.09. The van der Waals surface area contributed by atoms with E-state index in [2.05, 4.69) is 5.32 Å². The number of alkyl halides is 1. The highest BCUT2D eigenvalue weighted by atomic mass is 35.5. The van der Waals surface area contributed by atoms with E-state index in [1.165, 1.54) is 0 Å². The Morgan fingerprint density at radius 3 is 2.53 bits per heavy atom. The van der Waals surface area contributed by atoms with Crippen molar-refractivity contribution in [3.05, 3.63) is 29.8 Å². The molecule has 0 aromatic heterocycles.